The number of allylic oxidation sites excluding steroid dienone is 2. The Hall–Kier alpha value is -1.77. The number of aliphatic imine (C=N–C) groups is 1. The maximum absolute atomic E-state index is 4.41. The van der Waals surface area contributed by atoms with E-state index in [9.17, 15) is 0 Å². The molecule has 0 radical (unpaired) electrons. The number of aromatic nitrogens is 1. The first-order valence-electron chi connectivity index (χ1n) is 6.49. The van der Waals surface area contributed by atoms with E-state index in [0.717, 1.165) is 36.1 Å². The fourth-order valence-corrected chi connectivity index (χ4v) is 2.25. The minimum Gasteiger partial charge on any atom is -0.371 e. The highest BCUT2D eigenvalue weighted by Gasteiger charge is 2.21. The van der Waals surface area contributed by atoms with Crippen LogP contribution < -0.4 is 0 Å². The van der Waals surface area contributed by atoms with Crippen molar-refractivity contribution in [3.8, 4) is 0 Å². The van der Waals surface area contributed by atoms with Gasteiger partial charge in [-0.1, -0.05) is 19.6 Å². The average molecular weight is 243 g/mol. The van der Waals surface area contributed by atoms with Crippen molar-refractivity contribution >= 4 is 17.7 Å². The van der Waals surface area contributed by atoms with Crippen LogP contribution in [0.25, 0.3) is 5.70 Å². The molecule has 2 rings (SSSR count). The van der Waals surface area contributed by atoms with Gasteiger partial charge >= 0.3 is 0 Å². The van der Waals surface area contributed by atoms with Crippen LogP contribution in [0.5, 0.6) is 0 Å². The highest BCUT2D eigenvalue weighted by Crippen LogP contribution is 2.30. The lowest BCUT2D eigenvalue weighted by atomic mass is 10.2. The molecule has 1 aliphatic heterocycles. The van der Waals surface area contributed by atoms with Gasteiger partial charge in [-0.3, -0.25) is 0 Å². The largest absolute Gasteiger partial charge is 0.371 e. The molecular weight excluding hydrogens is 222 g/mol. The predicted molar refractivity (Wildman–Crippen MR) is 78.1 cm³/mol. The zero-order valence-corrected chi connectivity index (χ0v) is 11.2. The summed E-state index contributed by atoms with van der Waals surface area (Å²) >= 11 is 0. The SMILES string of the molecule is C=C(c1cc[nH]c1N=C/C=C\C)N1CCC(C)C1. The summed E-state index contributed by atoms with van der Waals surface area (Å²) < 4.78 is 0. The molecule has 0 saturated carbocycles. The molecule has 0 amide bonds. The molecule has 1 N–H and O–H groups in total. The number of rotatable bonds is 4. The van der Waals surface area contributed by atoms with Gasteiger partial charge in [0.15, 0.2) is 0 Å². The van der Waals surface area contributed by atoms with Gasteiger partial charge in [-0.25, -0.2) is 4.99 Å². The van der Waals surface area contributed by atoms with Crippen molar-refractivity contribution < 1.29 is 0 Å². The Bertz CT molecular complexity index is 468. The standard InChI is InChI=1S/C15H21N3/c1-4-5-8-16-15-14(6-9-17-15)13(3)18-10-7-12(2)11-18/h4-6,8-9,12,17H,3,7,10-11H2,1-2H3/b5-4-,16-8?. The fourth-order valence-electron chi connectivity index (χ4n) is 2.25. The topological polar surface area (TPSA) is 31.4 Å². The fraction of sp³-hybridized carbons (Fsp3) is 0.400. The Morgan fingerprint density at radius 2 is 2.44 bits per heavy atom. The molecule has 3 heteroatoms. The van der Waals surface area contributed by atoms with Crippen LogP contribution in [0.1, 0.15) is 25.8 Å². The van der Waals surface area contributed by atoms with Crippen molar-refractivity contribution in [2.75, 3.05) is 13.1 Å². The highest BCUT2D eigenvalue weighted by molar-refractivity contribution is 5.78. The van der Waals surface area contributed by atoms with Crippen LogP contribution in [-0.2, 0) is 0 Å². The summed E-state index contributed by atoms with van der Waals surface area (Å²) in [6, 6.07) is 2.05. The summed E-state index contributed by atoms with van der Waals surface area (Å²) in [6.45, 7) is 10.7. The minimum absolute atomic E-state index is 0.760. The molecule has 1 aromatic rings. The third-order valence-corrected chi connectivity index (χ3v) is 3.32. The van der Waals surface area contributed by atoms with Gasteiger partial charge in [0.05, 0.1) is 0 Å². The lowest BCUT2D eigenvalue weighted by Gasteiger charge is -2.20. The molecule has 1 fully saturated rings. The van der Waals surface area contributed by atoms with Crippen molar-refractivity contribution in [3.05, 3.63) is 36.6 Å². The van der Waals surface area contributed by atoms with Crippen LogP contribution in [0.15, 0.2) is 36.0 Å². The zero-order chi connectivity index (χ0) is 13.0. The van der Waals surface area contributed by atoms with E-state index in [-0.39, 0.29) is 0 Å². The van der Waals surface area contributed by atoms with Gasteiger partial charge in [0.25, 0.3) is 0 Å². The molecule has 0 aliphatic carbocycles. The highest BCUT2D eigenvalue weighted by atomic mass is 15.2. The summed E-state index contributed by atoms with van der Waals surface area (Å²) in [5.41, 5.74) is 2.18. The quantitative estimate of drug-likeness (QED) is 0.805. The van der Waals surface area contributed by atoms with Crippen molar-refractivity contribution in [2.24, 2.45) is 10.9 Å². The van der Waals surface area contributed by atoms with Gasteiger partial charge < -0.3 is 9.88 Å². The van der Waals surface area contributed by atoms with E-state index in [4.69, 9.17) is 0 Å². The molecule has 18 heavy (non-hydrogen) atoms. The molecule has 1 atom stereocenters. The van der Waals surface area contributed by atoms with Crippen LogP contribution in [0.2, 0.25) is 0 Å². The lowest BCUT2D eigenvalue weighted by molar-refractivity contribution is 0.472. The number of aromatic amines is 1. The van der Waals surface area contributed by atoms with Crippen LogP contribution in [0.4, 0.5) is 5.82 Å². The van der Waals surface area contributed by atoms with Gasteiger partial charge in [0.2, 0.25) is 0 Å². The van der Waals surface area contributed by atoms with E-state index in [1.807, 2.05) is 31.3 Å². The van der Waals surface area contributed by atoms with Gasteiger partial charge in [0.1, 0.15) is 5.82 Å². The van der Waals surface area contributed by atoms with Crippen molar-refractivity contribution in [1.82, 2.24) is 9.88 Å². The van der Waals surface area contributed by atoms with E-state index < -0.39 is 0 Å². The number of hydrogen-bond donors (Lipinski definition) is 1. The Labute approximate surface area is 109 Å². The first-order valence-corrected chi connectivity index (χ1v) is 6.49. The van der Waals surface area contributed by atoms with E-state index in [2.05, 4.69) is 28.4 Å². The number of likely N-dealkylation sites (tertiary alicyclic amines) is 1. The number of H-pyrrole nitrogens is 1. The second-order valence-electron chi connectivity index (χ2n) is 4.83. The molecule has 1 aliphatic rings. The summed E-state index contributed by atoms with van der Waals surface area (Å²) in [5, 5.41) is 0. The van der Waals surface area contributed by atoms with Crippen molar-refractivity contribution in [3.63, 3.8) is 0 Å². The Balaban J connectivity index is 2.13. The first-order chi connectivity index (χ1) is 8.72. The van der Waals surface area contributed by atoms with Gasteiger partial charge in [-0.05, 0) is 31.4 Å². The van der Waals surface area contributed by atoms with E-state index in [1.54, 1.807) is 6.21 Å². The zero-order valence-electron chi connectivity index (χ0n) is 11.2. The van der Waals surface area contributed by atoms with Crippen LogP contribution >= 0.6 is 0 Å². The molecule has 0 bridgehead atoms. The van der Waals surface area contributed by atoms with E-state index >= 15 is 0 Å². The number of nitrogens with zero attached hydrogens (tertiary/aromatic N) is 2. The molecule has 0 spiro atoms. The smallest absolute Gasteiger partial charge is 0.139 e. The minimum atomic E-state index is 0.760. The molecular formula is C15H21N3. The monoisotopic (exact) mass is 243 g/mol. The predicted octanol–water partition coefficient (Wildman–Crippen LogP) is 3.61. The Morgan fingerprint density at radius 1 is 1.61 bits per heavy atom. The summed E-state index contributed by atoms with van der Waals surface area (Å²) in [5.74, 6) is 1.65. The molecule has 2 heterocycles. The van der Waals surface area contributed by atoms with Gasteiger partial charge in [0, 0.05) is 36.8 Å². The number of hydrogen-bond acceptors (Lipinski definition) is 2. The average Bonchev–Trinajstić information content (AvgIpc) is 2.97. The molecule has 1 saturated heterocycles. The summed E-state index contributed by atoms with van der Waals surface area (Å²) in [4.78, 5) is 9.92. The van der Waals surface area contributed by atoms with Crippen LogP contribution in [-0.4, -0.2) is 29.2 Å². The van der Waals surface area contributed by atoms with Crippen LogP contribution in [0.3, 0.4) is 0 Å². The molecule has 96 valence electrons. The van der Waals surface area contributed by atoms with Gasteiger partial charge in [-0.15, -0.1) is 0 Å². The molecule has 3 nitrogen and oxygen atoms in total. The third kappa shape index (κ3) is 2.73. The maximum atomic E-state index is 4.41. The Morgan fingerprint density at radius 3 is 3.11 bits per heavy atom. The van der Waals surface area contributed by atoms with Crippen LogP contribution in [0, 0.1) is 5.92 Å². The van der Waals surface area contributed by atoms with E-state index in [0.29, 0.717) is 0 Å². The van der Waals surface area contributed by atoms with Gasteiger partial charge in [-0.2, -0.15) is 0 Å². The van der Waals surface area contributed by atoms with Crippen molar-refractivity contribution in [2.45, 2.75) is 20.3 Å². The number of nitrogens with one attached hydrogen (secondary N) is 1. The molecule has 0 aromatic carbocycles. The first kappa shape index (κ1) is 12.7. The molecule has 1 aromatic heterocycles. The summed E-state index contributed by atoms with van der Waals surface area (Å²) in [6.07, 6.45) is 8.85. The third-order valence-electron chi connectivity index (χ3n) is 3.32. The normalized spacial score (nSPS) is 20.3. The van der Waals surface area contributed by atoms with E-state index in [1.165, 1.54) is 6.42 Å². The maximum Gasteiger partial charge on any atom is 0.139 e. The van der Waals surface area contributed by atoms with Crippen molar-refractivity contribution in [1.29, 1.82) is 0 Å². The summed E-state index contributed by atoms with van der Waals surface area (Å²) in [7, 11) is 0. The lowest BCUT2D eigenvalue weighted by Crippen LogP contribution is -2.17. The second-order valence-corrected chi connectivity index (χ2v) is 4.83. The Kier molecular flexibility index (Phi) is 4.03. The molecule has 1 unspecified atom stereocenters. The second kappa shape index (κ2) is 5.71.